The summed E-state index contributed by atoms with van der Waals surface area (Å²) in [5.41, 5.74) is 0. The lowest BCUT2D eigenvalue weighted by atomic mass is 10.3. The Morgan fingerprint density at radius 1 is 1.67 bits per heavy atom. The number of alkyl halides is 1. The highest BCUT2D eigenvalue weighted by Gasteiger charge is 2.05. The van der Waals surface area contributed by atoms with Crippen LogP contribution in [0.1, 0.15) is 19.8 Å². The molecule has 1 amide bonds. The van der Waals surface area contributed by atoms with Gasteiger partial charge in [-0.05, 0) is 19.6 Å². The maximum atomic E-state index is 11.1. The number of halogens is 1. The average molecular weight is 210 g/mol. The molecule has 72 valence electrons. The summed E-state index contributed by atoms with van der Waals surface area (Å²) in [6.45, 7) is 2.01. The number of carbonyl (C=O) groups excluding carboxylic acids is 1. The zero-order valence-electron chi connectivity index (χ0n) is 7.60. The van der Waals surface area contributed by atoms with Crippen LogP contribution in [-0.2, 0) is 4.79 Å². The van der Waals surface area contributed by atoms with Crippen molar-refractivity contribution < 1.29 is 4.79 Å². The van der Waals surface area contributed by atoms with Crippen LogP contribution in [-0.4, -0.2) is 29.8 Å². The summed E-state index contributed by atoms with van der Waals surface area (Å²) >= 11 is 7.19. The number of rotatable bonds is 6. The molecule has 0 saturated heterocycles. The number of hydrogen-bond donors (Lipinski definition) is 1. The van der Waals surface area contributed by atoms with Crippen molar-refractivity contribution in [3.8, 4) is 0 Å². The van der Waals surface area contributed by atoms with Crippen LogP contribution in [0.2, 0.25) is 0 Å². The third-order valence-electron chi connectivity index (χ3n) is 1.36. The second kappa shape index (κ2) is 7.74. The van der Waals surface area contributed by atoms with Crippen LogP contribution in [0.4, 0.5) is 0 Å². The van der Waals surface area contributed by atoms with E-state index in [2.05, 4.69) is 5.32 Å². The number of hydrogen-bond acceptors (Lipinski definition) is 2. The van der Waals surface area contributed by atoms with E-state index in [4.69, 9.17) is 11.6 Å². The first-order chi connectivity index (χ1) is 5.70. The number of nitrogens with one attached hydrogen (secondary N) is 1. The Hall–Kier alpha value is 0.110. The lowest BCUT2D eigenvalue weighted by Gasteiger charge is -2.11. The van der Waals surface area contributed by atoms with Gasteiger partial charge in [0, 0.05) is 24.1 Å². The molecule has 2 nitrogen and oxygen atoms in total. The van der Waals surface area contributed by atoms with E-state index in [1.165, 1.54) is 0 Å². The second-order valence-corrected chi connectivity index (χ2v) is 4.01. The Labute approximate surface area is 83.4 Å². The first-order valence-corrected chi connectivity index (χ1v) is 5.97. The maximum absolute atomic E-state index is 11.1. The molecular weight excluding hydrogens is 194 g/mol. The van der Waals surface area contributed by atoms with E-state index in [-0.39, 0.29) is 11.9 Å². The molecule has 0 aliphatic rings. The summed E-state index contributed by atoms with van der Waals surface area (Å²) in [6.07, 6.45) is 3.34. The van der Waals surface area contributed by atoms with Crippen LogP contribution in [0, 0.1) is 0 Å². The normalized spacial score (nSPS) is 12.6. The highest BCUT2D eigenvalue weighted by Crippen LogP contribution is 1.97. The molecule has 1 atom stereocenters. The molecule has 0 heterocycles. The van der Waals surface area contributed by atoms with Crippen molar-refractivity contribution >= 4 is 29.3 Å². The van der Waals surface area contributed by atoms with Gasteiger partial charge in [0.1, 0.15) is 0 Å². The van der Waals surface area contributed by atoms with Crippen molar-refractivity contribution in [2.24, 2.45) is 0 Å². The smallest absolute Gasteiger partial charge is 0.220 e. The van der Waals surface area contributed by atoms with E-state index in [1.807, 2.05) is 13.2 Å². The Morgan fingerprint density at radius 3 is 2.83 bits per heavy atom. The molecule has 12 heavy (non-hydrogen) atoms. The van der Waals surface area contributed by atoms with Gasteiger partial charge in [0.25, 0.3) is 0 Å². The SMILES string of the molecule is CSCC(C)NC(=O)CCCCl. The van der Waals surface area contributed by atoms with Crippen molar-refractivity contribution in [2.45, 2.75) is 25.8 Å². The monoisotopic (exact) mass is 209 g/mol. The van der Waals surface area contributed by atoms with E-state index >= 15 is 0 Å². The third-order valence-corrected chi connectivity index (χ3v) is 2.46. The van der Waals surface area contributed by atoms with Crippen LogP contribution >= 0.6 is 23.4 Å². The van der Waals surface area contributed by atoms with Gasteiger partial charge >= 0.3 is 0 Å². The van der Waals surface area contributed by atoms with Crippen LogP contribution in [0.3, 0.4) is 0 Å². The van der Waals surface area contributed by atoms with Gasteiger partial charge in [0.15, 0.2) is 0 Å². The zero-order valence-corrected chi connectivity index (χ0v) is 9.17. The minimum absolute atomic E-state index is 0.109. The Morgan fingerprint density at radius 2 is 2.33 bits per heavy atom. The quantitative estimate of drug-likeness (QED) is 0.677. The predicted octanol–water partition coefficient (Wildman–Crippen LogP) is 1.87. The van der Waals surface area contributed by atoms with E-state index in [0.717, 1.165) is 12.2 Å². The average Bonchev–Trinajstić information content (AvgIpc) is 2.01. The summed E-state index contributed by atoms with van der Waals surface area (Å²) in [5.74, 6) is 1.63. The molecule has 0 fully saturated rings. The highest BCUT2D eigenvalue weighted by atomic mass is 35.5. The lowest BCUT2D eigenvalue weighted by Crippen LogP contribution is -2.34. The van der Waals surface area contributed by atoms with Crippen molar-refractivity contribution in [3.05, 3.63) is 0 Å². The topological polar surface area (TPSA) is 29.1 Å². The van der Waals surface area contributed by atoms with Crippen molar-refractivity contribution in [3.63, 3.8) is 0 Å². The van der Waals surface area contributed by atoms with E-state index < -0.39 is 0 Å². The molecule has 1 N–H and O–H groups in total. The summed E-state index contributed by atoms with van der Waals surface area (Å²) in [5, 5.41) is 2.90. The molecule has 0 aromatic heterocycles. The zero-order chi connectivity index (χ0) is 9.40. The van der Waals surface area contributed by atoms with Gasteiger partial charge in [-0.15, -0.1) is 11.6 Å². The van der Waals surface area contributed by atoms with Crippen LogP contribution < -0.4 is 5.32 Å². The molecule has 0 aromatic rings. The molecular formula is C8H16ClNOS. The largest absolute Gasteiger partial charge is 0.353 e. The summed E-state index contributed by atoms with van der Waals surface area (Å²) in [6, 6.07) is 0.267. The maximum Gasteiger partial charge on any atom is 0.220 e. The molecule has 0 aliphatic heterocycles. The van der Waals surface area contributed by atoms with Gasteiger partial charge in [-0.3, -0.25) is 4.79 Å². The Kier molecular flexibility index (Phi) is 7.81. The standard InChI is InChI=1S/C8H16ClNOS/c1-7(6-12-2)10-8(11)4-3-5-9/h7H,3-6H2,1-2H3,(H,10,11). The molecule has 0 rings (SSSR count). The van der Waals surface area contributed by atoms with Gasteiger partial charge in [-0.25, -0.2) is 0 Å². The van der Waals surface area contributed by atoms with Gasteiger partial charge < -0.3 is 5.32 Å². The molecule has 0 saturated carbocycles. The van der Waals surface area contributed by atoms with Crippen molar-refractivity contribution in [1.82, 2.24) is 5.32 Å². The summed E-state index contributed by atoms with van der Waals surface area (Å²) in [4.78, 5) is 11.1. The van der Waals surface area contributed by atoms with E-state index in [0.29, 0.717) is 12.3 Å². The molecule has 4 heteroatoms. The number of carbonyl (C=O) groups is 1. The fourth-order valence-corrected chi connectivity index (χ4v) is 1.58. The fourth-order valence-electron chi connectivity index (χ4n) is 0.866. The van der Waals surface area contributed by atoms with Crippen LogP contribution in [0.5, 0.6) is 0 Å². The minimum Gasteiger partial charge on any atom is -0.353 e. The summed E-state index contributed by atoms with van der Waals surface area (Å²) < 4.78 is 0. The van der Waals surface area contributed by atoms with Gasteiger partial charge in [0.05, 0.1) is 0 Å². The highest BCUT2D eigenvalue weighted by molar-refractivity contribution is 7.98. The van der Waals surface area contributed by atoms with Crippen LogP contribution in [0.25, 0.3) is 0 Å². The first kappa shape index (κ1) is 12.1. The van der Waals surface area contributed by atoms with E-state index in [1.54, 1.807) is 11.8 Å². The minimum atomic E-state index is 0.109. The molecule has 0 aliphatic carbocycles. The third kappa shape index (κ3) is 6.80. The Balaban J connectivity index is 3.40. The molecule has 0 bridgehead atoms. The predicted molar refractivity (Wildman–Crippen MR) is 55.9 cm³/mol. The van der Waals surface area contributed by atoms with E-state index in [9.17, 15) is 4.79 Å². The number of thioether (sulfide) groups is 1. The number of amides is 1. The second-order valence-electron chi connectivity index (χ2n) is 2.72. The first-order valence-electron chi connectivity index (χ1n) is 4.05. The molecule has 1 unspecified atom stereocenters. The van der Waals surface area contributed by atoms with Crippen molar-refractivity contribution in [1.29, 1.82) is 0 Å². The van der Waals surface area contributed by atoms with Gasteiger partial charge in [-0.1, -0.05) is 0 Å². The molecule has 0 aromatic carbocycles. The molecule has 0 radical (unpaired) electrons. The van der Waals surface area contributed by atoms with Gasteiger partial charge in [0.2, 0.25) is 5.91 Å². The Bertz CT molecular complexity index is 132. The van der Waals surface area contributed by atoms with Crippen LogP contribution in [0.15, 0.2) is 0 Å². The molecule has 0 spiro atoms. The van der Waals surface area contributed by atoms with Crippen molar-refractivity contribution in [2.75, 3.05) is 17.9 Å². The van der Waals surface area contributed by atoms with Gasteiger partial charge in [-0.2, -0.15) is 11.8 Å². The fraction of sp³-hybridized carbons (Fsp3) is 0.875. The lowest BCUT2D eigenvalue weighted by molar-refractivity contribution is -0.121. The summed E-state index contributed by atoms with van der Waals surface area (Å²) in [7, 11) is 0.